The van der Waals surface area contributed by atoms with Gasteiger partial charge in [-0.25, -0.2) is 0 Å². The lowest BCUT2D eigenvalue weighted by molar-refractivity contribution is 0.0415. The molecule has 0 spiro atoms. The van der Waals surface area contributed by atoms with Crippen LogP contribution < -0.4 is 5.32 Å². The molecule has 2 N–H and O–H groups in total. The molecule has 5 nitrogen and oxygen atoms in total. The first-order chi connectivity index (χ1) is 10.5. The number of ether oxygens (including phenoxy) is 1. The number of aliphatic imine (C=N–C) groups is 1. The van der Waals surface area contributed by atoms with E-state index >= 15 is 0 Å². The van der Waals surface area contributed by atoms with E-state index in [0.29, 0.717) is 6.54 Å². The van der Waals surface area contributed by atoms with Crippen molar-refractivity contribution in [2.45, 2.75) is 58.5 Å². The van der Waals surface area contributed by atoms with Gasteiger partial charge >= 0.3 is 0 Å². The number of nitrogens with zero attached hydrogens (tertiary/aromatic N) is 2. The molecular formula is C17H35N3O2. The van der Waals surface area contributed by atoms with Crippen molar-refractivity contribution >= 4 is 5.96 Å². The molecule has 0 amide bonds. The topological polar surface area (TPSA) is 57.1 Å². The summed E-state index contributed by atoms with van der Waals surface area (Å²) in [6.07, 6.45) is 4.99. The average Bonchev–Trinajstić information content (AvgIpc) is 2.57. The van der Waals surface area contributed by atoms with Gasteiger partial charge in [0.05, 0.1) is 12.1 Å². The summed E-state index contributed by atoms with van der Waals surface area (Å²) in [4.78, 5) is 6.83. The highest BCUT2D eigenvalue weighted by Crippen LogP contribution is 2.19. The van der Waals surface area contributed by atoms with Crippen LogP contribution in [0.1, 0.15) is 52.9 Å². The molecule has 1 saturated heterocycles. The summed E-state index contributed by atoms with van der Waals surface area (Å²) >= 11 is 0. The lowest BCUT2D eigenvalue weighted by atomic mass is 9.96. The van der Waals surface area contributed by atoms with Gasteiger partial charge in [0.2, 0.25) is 0 Å². The minimum absolute atomic E-state index is 0.462. The van der Waals surface area contributed by atoms with Crippen molar-refractivity contribution in [1.82, 2.24) is 10.2 Å². The van der Waals surface area contributed by atoms with Crippen LogP contribution in [0.2, 0.25) is 0 Å². The second-order valence-corrected chi connectivity index (χ2v) is 6.37. The van der Waals surface area contributed by atoms with Crippen molar-refractivity contribution in [2.24, 2.45) is 10.9 Å². The molecule has 0 bridgehead atoms. The van der Waals surface area contributed by atoms with Gasteiger partial charge in [0.25, 0.3) is 0 Å². The second kappa shape index (κ2) is 10.1. The molecule has 22 heavy (non-hydrogen) atoms. The Morgan fingerprint density at radius 3 is 2.45 bits per heavy atom. The van der Waals surface area contributed by atoms with Crippen molar-refractivity contribution in [3.63, 3.8) is 0 Å². The van der Waals surface area contributed by atoms with Crippen LogP contribution in [0.25, 0.3) is 0 Å². The summed E-state index contributed by atoms with van der Waals surface area (Å²) in [5, 5.41) is 13.7. The molecule has 0 radical (unpaired) electrons. The lowest BCUT2D eigenvalue weighted by Crippen LogP contribution is -2.41. The predicted octanol–water partition coefficient (Wildman–Crippen LogP) is 2.25. The Morgan fingerprint density at radius 1 is 1.27 bits per heavy atom. The van der Waals surface area contributed by atoms with Gasteiger partial charge in [0.1, 0.15) is 0 Å². The smallest absolute Gasteiger partial charge is 0.193 e. The maximum absolute atomic E-state index is 10.4. The Bertz CT molecular complexity index is 324. The third-order valence-corrected chi connectivity index (χ3v) is 4.75. The van der Waals surface area contributed by atoms with Crippen molar-refractivity contribution in [1.29, 1.82) is 0 Å². The van der Waals surface area contributed by atoms with Crippen molar-refractivity contribution in [3.05, 3.63) is 0 Å². The zero-order valence-corrected chi connectivity index (χ0v) is 14.9. The van der Waals surface area contributed by atoms with E-state index in [0.717, 1.165) is 51.0 Å². The lowest BCUT2D eigenvalue weighted by Gasteiger charge is -2.28. The first kappa shape index (κ1) is 19.2. The van der Waals surface area contributed by atoms with E-state index in [1.165, 1.54) is 19.3 Å². The predicted molar refractivity (Wildman–Crippen MR) is 92.3 cm³/mol. The van der Waals surface area contributed by atoms with Gasteiger partial charge in [-0.15, -0.1) is 0 Å². The first-order valence-corrected chi connectivity index (χ1v) is 8.84. The highest BCUT2D eigenvalue weighted by molar-refractivity contribution is 5.79. The summed E-state index contributed by atoms with van der Waals surface area (Å²) < 4.78 is 5.42. The number of rotatable bonds is 8. The fraction of sp³-hybridized carbons (Fsp3) is 0.941. The normalized spacial score (nSPS) is 17.6. The minimum atomic E-state index is -0.678. The van der Waals surface area contributed by atoms with Crippen LogP contribution >= 0.6 is 0 Å². The molecule has 0 saturated carbocycles. The minimum Gasteiger partial charge on any atom is -0.388 e. The van der Waals surface area contributed by atoms with Gasteiger partial charge in [-0.05, 0) is 44.9 Å². The molecule has 0 atom stereocenters. The van der Waals surface area contributed by atoms with Crippen LogP contribution in [-0.4, -0.2) is 61.5 Å². The molecule has 1 heterocycles. The molecule has 0 unspecified atom stereocenters. The van der Waals surface area contributed by atoms with Crippen LogP contribution in [0.5, 0.6) is 0 Å². The fourth-order valence-electron chi connectivity index (χ4n) is 2.68. The van der Waals surface area contributed by atoms with Crippen LogP contribution in [0, 0.1) is 5.92 Å². The standard InChI is InChI=1S/C17H35N3O2/c1-5-17(21,6-2)14-19-16(18-7-3)20(4)11-8-15-9-12-22-13-10-15/h15,21H,5-14H2,1-4H3,(H,18,19). The zero-order valence-electron chi connectivity index (χ0n) is 14.9. The largest absolute Gasteiger partial charge is 0.388 e. The summed E-state index contributed by atoms with van der Waals surface area (Å²) in [5.74, 6) is 1.66. The fourth-order valence-corrected chi connectivity index (χ4v) is 2.68. The Balaban J connectivity index is 2.52. The van der Waals surface area contributed by atoms with E-state index in [1.54, 1.807) is 0 Å². The number of hydrogen-bond donors (Lipinski definition) is 2. The van der Waals surface area contributed by atoms with Gasteiger partial charge in [0, 0.05) is 33.4 Å². The van der Waals surface area contributed by atoms with E-state index in [-0.39, 0.29) is 0 Å². The second-order valence-electron chi connectivity index (χ2n) is 6.37. The van der Waals surface area contributed by atoms with Gasteiger partial charge in [-0.1, -0.05) is 13.8 Å². The van der Waals surface area contributed by atoms with E-state index in [9.17, 15) is 5.11 Å². The quantitative estimate of drug-likeness (QED) is 0.533. The van der Waals surface area contributed by atoms with Crippen molar-refractivity contribution < 1.29 is 9.84 Å². The molecule has 1 aliphatic heterocycles. The summed E-state index contributed by atoms with van der Waals surface area (Å²) in [6.45, 7) is 10.2. The number of nitrogens with one attached hydrogen (secondary N) is 1. The van der Waals surface area contributed by atoms with Crippen LogP contribution in [0.15, 0.2) is 4.99 Å². The van der Waals surface area contributed by atoms with E-state index in [1.807, 2.05) is 13.8 Å². The van der Waals surface area contributed by atoms with E-state index in [4.69, 9.17) is 4.74 Å². The van der Waals surface area contributed by atoms with Gasteiger partial charge in [0.15, 0.2) is 5.96 Å². The van der Waals surface area contributed by atoms with Crippen LogP contribution in [0.3, 0.4) is 0 Å². The molecule has 0 aromatic rings. The maximum Gasteiger partial charge on any atom is 0.193 e. The Morgan fingerprint density at radius 2 is 1.91 bits per heavy atom. The Labute approximate surface area is 136 Å². The zero-order chi connectivity index (χ0) is 16.4. The van der Waals surface area contributed by atoms with E-state index in [2.05, 4.69) is 29.2 Å². The summed E-state index contributed by atoms with van der Waals surface area (Å²) in [5.41, 5.74) is -0.678. The maximum atomic E-state index is 10.4. The number of guanidine groups is 1. The Kier molecular flexibility index (Phi) is 8.79. The highest BCUT2D eigenvalue weighted by Gasteiger charge is 2.22. The third-order valence-electron chi connectivity index (χ3n) is 4.75. The first-order valence-electron chi connectivity index (χ1n) is 8.84. The molecule has 0 aromatic heterocycles. The van der Waals surface area contributed by atoms with E-state index < -0.39 is 5.60 Å². The molecule has 0 aliphatic carbocycles. The summed E-state index contributed by atoms with van der Waals surface area (Å²) in [6, 6.07) is 0. The van der Waals surface area contributed by atoms with Crippen LogP contribution in [-0.2, 0) is 4.74 Å². The molecule has 130 valence electrons. The van der Waals surface area contributed by atoms with Gasteiger partial charge < -0.3 is 20.1 Å². The average molecular weight is 313 g/mol. The molecule has 0 aromatic carbocycles. The van der Waals surface area contributed by atoms with Crippen molar-refractivity contribution in [2.75, 3.05) is 39.9 Å². The molecule has 1 aliphatic rings. The van der Waals surface area contributed by atoms with Gasteiger partial charge in [-0.2, -0.15) is 0 Å². The summed E-state index contributed by atoms with van der Waals surface area (Å²) in [7, 11) is 2.08. The SMILES string of the molecule is CCNC(=NCC(O)(CC)CC)N(C)CCC1CCOCC1. The molecular weight excluding hydrogens is 278 g/mol. The molecule has 5 heteroatoms. The Hall–Kier alpha value is -0.810. The molecule has 1 fully saturated rings. The van der Waals surface area contributed by atoms with Crippen molar-refractivity contribution in [3.8, 4) is 0 Å². The van der Waals surface area contributed by atoms with Crippen LogP contribution in [0.4, 0.5) is 0 Å². The number of aliphatic hydroxyl groups is 1. The third kappa shape index (κ3) is 6.53. The highest BCUT2D eigenvalue weighted by atomic mass is 16.5. The molecule has 1 rings (SSSR count). The van der Waals surface area contributed by atoms with Gasteiger partial charge in [-0.3, -0.25) is 4.99 Å². The number of hydrogen-bond acceptors (Lipinski definition) is 3. The monoisotopic (exact) mass is 313 g/mol.